The van der Waals surface area contributed by atoms with Gasteiger partial charge < -0.3 is 15.0 Å². The van der Waals surface area contributed by atoms with Crippen molar-refractivity contribution in [3.05, 3.63) is 82.2 Å². The second-order valence-corrected chi connectivity index (χ2v) is 9.52. The van der Waals surface area contributed by atoms with Gasteiger partial charge in [0, 0.05) is 28.8 Å². The van der Waals surface area contributed by atoms with Gasteiger partial charge in [0.1, 0.15) is 11.9 Å². The SMILES string of the molecule is Cc1ccc(C(NC(=O)c2cc(C#CC(C)(C)CO)cc(C)n2)c2ncn3c2C[C@@H](F)C3)cc1. The number of benzene rings is 1. The monoisotopic (exact) mass is 460 g/mol. The van der Waals surface area contributed by atoms with Crippen molar-refractivity contribution in [2.24, 2.45) is 5.41 Å². The molecule has 1 aliphatic heterocycles. The Bertz CT molecular complexity index is 1270. The molecule has 0 radical (unpaired) electrons. The fourth-order valence-corrected chi connectivity index (χ4v) is 3.94. The number of alkyl halides is 1. The van der Waals surface area contributed by atoms with Crippen LogP contribution in [0.25, 0.3) is 0 Å². The number of hydrogen-bond donors (Lipinski definition) is 2. The standard InChI is InChI=1S/C27H29FN4O2/c1-17-5-7-20(8-6-17)24(25-23-13-21(28)14-32(23)16-29-25)31-26(34)22-12-19(11-18(2)30-22)9-10-27(3,4)15-33/h5-8,11-12,16,21,24,33H,13-15H2,1-4H3,(H,31,34)/t21-,24?/m1/s1. The minimum absolute atomic E-state index is 0.0651. The lowest BCUT2D eigenvalue weighted by Crippen LogP contribution is -2.31. The number of halogens is 1. The fourth-order valence-electron chi connectivity index (χ4n) is 3.94. The zero-order valence-electron chi connectivity index (χ0n) is 19.9. The number of imidazole rings is 1. The largest absolute Gasteiger partial charge is 0.395 e. The summed E-state index contributed by atoms with van der Waals surface area (Å²) in [6.07, 6.45) is 0.962. The van der Waals surface area contributed by atoms with Crippen LogP contribution >= 0.6 is 0 Å². The molecule has 0 spiro atoms. The number of aliphatic hydroxyl groups is 1. The molecule has 6 nitrogen and oxygen atoms in total. The molecule has 176 valence electrons. The van der Waals surface area contributed by atoms with Gasteiger partial charge in [-0.1, -0.05) is 41.7 Å². The lowest BCUT2D eigenvalue weighted by Gasteiger charge is -2.19. The van der Waals surface area contributed by atoms with Crippen LogP contribution in [0.4, 0.5) is 4.39 Å². The van der Waals surface area contributed by atoms with Gasteiger partial charge in [-0.2, -0.15) is 0 Å². The van der Waals surface area contributed by atoms with Gasteiger partial charge in [0.2, 0.25) is 0 Å². The van der Waals surface area contributed by atoms with Gasteiger partial charge in [-0.05, 0) is 45.4 Å². The molecular weight excluding hydrogens is 431 g/mol. The Kier molecular flexibility index (Phi) is 6.54. The van der Waals surface area contributed by atoms with E-state index in [1.165, 1.54) is 0 Å². The van der Waals surface area contributed by atoms with Gasteiger partial charge in [0.05, 0.1) is 31.2 Å². The van der Waals surface area contributed by atoms with Crippen molar-refractivity contribution in [2.45, 2.75) is 52.9 Å². The van der Waals surface area contributed by atoms with Gasteiger partial charge in [-0.3, -0.25) is 4.79 Å². The second kappa shape index (κ2) is 9.40. The molecule has 1 amide bonds. The molecule has 0 saturated carbocycles. The third-order valence-corrected chi connectivity index (χ3v) is 5.87. The first kappa shape index (κ1) is 23.7. The summed E-state index contributed by atoms with van der Waals surface area (Å²) < 4.78 is 15.9. The van der Waals surface area contributed by atoms with E-state index in [1.54, 1.807) is 25.4 Å². The molecule has 0 fully saturated rings. The third kappa shape index (κ3) is 5.18. The second-order valence-electron chi connectivity index (χ2n) is 9.52. The number of carbonyl (C=O) groups is 1. The smallest absolute Gasteiger partial charge is 0.270 e. The summed E-state index contributed by atoms with van der Waals surface area (Å²) in [4.78, 5) is 22.3. The summed E-state index contributed by atoms with van der Waals surface area (Å²) in [5.41, 5.74) is 4.40. The van der Waals surface area contributed by atoms with Gasteiger partial charge >= 0.3 is 0 Å². The van der Waals surface area contributed by atoms with Crippen LogP contribution in [-0.4, -0.2) is 38.3 Å². The van der Waals surface area contributed by atoms with E-state index >= 15 is 0 Å². The molecule has 4 rings (SSSR count). The molecule has 2 atom stereocenters. The number of aromatic nitrogens is 3. The number of nitrogens with zero attached hydrogens (tertiary/aromatic N) is 3. The van der Waals surface area contributed by atoms with Crippen molar-refractivity contribution >= 4 is 5.91 Å². The van der Waals surface area contributed by atoms with Gasteiger partial charge in [-0.25, -0.2) is 14.4 Å². The van der Waals surface area contributed by atoms with Crippen LogP contribution in [0, 0.1) is 31.1 Å². The lowest BCUT2D eigenvalue weighted by atomic mass is 9.95. The highest BCUT2D eigenvalue weighted by Crippen LogP contribution is 2.29. The van der Waals surface area contributed by atoms with Crippen LogP contribution in [0.1, 0.15) is 64.1 Å². The highest BCUT2D eigenvalue weighted by molar-refractivity contribution is 5.93. The minimum atomic E-state index is -0.950. The van der Waals surface area contributed by atoms with E-state index in [9.17, 15) is 14.3 Å². The Hall–Kier alpha value is -3.50. The zero-order chi connectivity index (χ0) is 24.5. The van der Waals surface area contributed by atoms with Crippen molar-refractivity contribution < 1.29 is 14.3 Å². The molecule has 0 bridgehead atoms. The van der Waals surface area contributed by atoms with Crippen molar-refractivity contribution in [3.8, 4) is 11.8 Å². The average Bonchev–Trinajstić information content (AvgIpc) is 3.35. The molecule has 0 saturated heterocycles. The van der Waals surface area contributed by atoms with Crippen LogP contribution in [0.5, 0.6) is 0 Å². The molecule has 3 aromatic rings. The Labute approximate surface area is 199 Å². The van der Waals surface area contributed by atoms with Crippen LogP contribution in [0.3, 0.4) is 0 Å². The molecule has 1 aliphatic rings. The number of carbonyl (C=O) groups excluding carboxylic acids is 1. The minimum Gasteiger partial charge on any atom is -0.395 e. The zero-order valence-corrected chi connectivity index (χ0v) is 19.9. The van der Waals surface area contributed by atoms with Gasteiger partial charge in [-0.15, -0.1) is 0 Å². The molecule has 1 aromatic carbocycles. The Morgan fingerprint density at radius 2 is 2.03 bits per heavy atom. The van der Waals surface area contributed by atoms with E-state index in [4.69, 9.17) is 0 Å². The Morgan fingerprint density at radius 1 is 1.29 bits per heavy atom. The highest BCUT2D eigenvalue weighted by atomic mass is 19.1. The number of aliphatic hydroxyl groups excluding tert-OH is 1. The molecule has 7 heteroatoms. The predicted octanol–water partition coefficient (Wildman–Crippen LogP) is 3.68. The topological polar surface area (TPSA) is 80.0 Å². The fraction of sp³-hybridized carbons (Fsp3) is 0.370. The van der Waals surface area contributed by atoms with Crippen molar-refractivity contribution in [2.75, 3.05) is 6.61 Å². The first-order valence-electron chi connectivity index (χ1n) is 11.3. The molecule has 34 heavy (non-hydrogen) atoms. The van der Waals surface area contributed by atoms with Crippen LogP contribution in [0.15, 0.2) is 42.7 Å². The number of pyridine rings is 1. The van der Waals surface area contributed by atoms with Crippen molar-refractivity contribution in [1.29, 1.82) is 0 Å². The lowest BCUT2D eigenvalue weighted by molar-refractivity contribution is 0.0937. The summed E-state index contributed by atoms with van der Waals surface area (Å²) in [7, 11) is 0. The third-order valence-electron chi connectivity index (χ3n) is 5.87. The molecule has 2 N–H and O–H groups in total. The number of amides is 1. The number of hydrogen-bond acceptors (Lipinski definition) is 4. The number of rotatable bonds is 5. The number of fused-ring (bicyclic) bond motifs is 1. The van der Waals surface area contributed by atoms with E-state index < -0.39 is 17.6 Å². The first-order valence-corrected chi connectivity index (χ1v) is 11.3. The maximum atomic E-state index is 14.1. The molecule has 2 aromatic heterocycles. The quantitative estimate of drug-likeness (QED) is 0.570. The predicted molar refractivity (Wildman–Crippen MR) is 128 cm³/mol. The molecule has 0 aliphatic carbocycles. The summed E-state index contributed by atoms with van der Waals surface area (Å²) in [5.74, 6) is 5.71. The van der Waals surface area contributed by atoms with Crippen LogP contribution in [-0.2, 0) is 13.0 Å². The van der Waals surface area contributed by atoms with Crippen molar-refractivity contribution in [3.63, 3.8) is 0 Å². The van der Waals surface area contributed by atoms with Gasteiger partial charge in [0.25, 0.3) is 5.91 Å². The van der Waals surface area contributed by atoms with E-state index in [0.29, 0.717) is 17.0 Å². The Balaban J connectivity index is 1.68. The summed E-state index contributed by atoms with van der Waals surface area (Å²) in [6, 6.07) is 10.8. The van der Waals surface area contributed by atoms with E-state index in [-0.39, 0.29) is 31.2 Å². The molecule has 1 unspecified atom stereocenters. The number of nitrogens with one attached hydrogen (secondary N) is 1. The maximum Gasteiger partial charge on any atom is 0.270 e. The first-order chi connectivity index (χ1) is 16.1. The average molecular weight is 461 g/mol. The van der Waals surface area contributed by atoms with Gasteiger partial charge in [0.15, 0.2) is 0 Å². The summed E-state index contributed by atoms with van der Waals surface area (Å²) in [6.45, 7) is 7.71. The van der Waals surface area contributed by atoms with E-state index in [2.05, 4.69) is 27.1 Å². The highest BCUT2D eigenvalue weighted by Gasteiger charge is 2.30. The Morgan fingerprint density at radius 3 is 2.74 bits per heavy atom. The van der Waals surface area contributed by atoms with Crippen LogP contribution in [0.2, 0.25) is 0 Å². The number of aryl methyl sites for hydroxylation is 2. The van der Waals surface area contributed by atoms with Crippen molar-refractivity contribution in [1.82, 2.24) is 19.9 Å². The summed E-state index contributed by atoms with van der Waals surface area (Å²) >= 11 is 0. The normalized spacial score (nSPS) is 15.9. The summed E-state index contributed by atoms with van der Waals surface area (Å²) in [5, 5.41) is 12.5. The van der Waals surface area contributed by atoms with E-state index in [0.717, 1.165) is 16.8 Å². The molecule has 3 heterocycles. The molecular formula is C27H29FN4O2. The maximum absolute atomic E-state index is 14.1. The van der Waals surface area contributed by atoms with Crippen LogP contribution < -0.4 is 5.32 Å². The van der Waals surface area contributed by atoms with E-state index in [1.807, 2.05) is 49.6 Å².